The third-order valence-electron chi connectivity index (χ3n) is 3.89. The van der Waals surface area contributed by atoms with Crippen LogP contribution in [0, 0.1) is 0 Å². The molecule has 21 heavy (non-hydrogen) atoms. The summed E-state index contributed by atoms with van der Waals surface area (Å²) in [7, 11) is 3.22. The monoisotopic (exact) mass is 293 g/mol. The van der Waals surface area contributed by atoms with Crippen molar-refractivity contribution < 1.29 is 19.4 Å². The largest absolute Gasteiger partial charge is 0.388 e. The van der Waals surface area contributed by atoms with Gasteiger partial charge in [0.05, 0.1) is 5.60 Å². The summed E-state index contributed by atoms with van der Waals surface area (Å²) >= 11 is 0. The summed E-state index contributed by atoms with van der Waals surface area (Å²) in [5.41, 5.74) is -0.0479. The Morgan fingerprint density at radius 1 is 1.38 bits per heavy atom. The number of aliphatic hydroxyl groups is 1. The van der Waals surface area contributed by atoms with Crippen molar-refractivity contribution in [2.75, 3.05) is 33.9 Å². The minimum absolute atomic E-state index is 0.149. The molecule has 0 aliphatic carbocycles. The Kier molecular flexibility index (Phi) is 5.33. The summed E-state index contributed by atoms with van der Waals surface area (Å²) in [6.45, 7) is 1.36. The SMILES string of the molecule is COC(C(=O)N(C)CC1(O)CCOCC1)c1ccccc1. The topological polar surface area (TPSA) is 59.0 Å². The summed E-state index contributed by atoms with van der Waals surface area (Å²) in [5, 5.41) is 10.5. The number of amides is 1. The van der Waals surface area contributed by atoms with E-state index in [0.29, 0.717) is 32.6 Å². The molecule has 1 aromatic carbocycles. The van der Waals surface area contributed by atoms with Gasteiger partial charge in [0, 0.05) is 46.8 Å². The van der Waals surface area contributed by atoms with Gasteiger partial charge in [-0.3, -0.25) is 4.79 Å². The fourth-order valence-corrected chi connectivity index (χ4v) is 2.64. The molecule has 1 heterocycles. The smallest absolute Gasteiger partial charge is 0.256 e. The molecule has 1 aliphatic heterocycles. The van der Waals surface area contributed by atoms with Crippen molar-refractivity contribution in [2.45, 2.75) is 24.5 Å². The van der Waals surface area contributed by atoms with Crippen LogP contribution in [0.4, 0.5) is 0 Å². The van der Waals surface area contributed by atoms with Gasteiger partial charge in [-0.2, -0.15) is 0 Å². The van der Waals surface area contributed by atoms with Crippen LogP contribution < -0.4 is 0 Å². The van der Waals surface area contributed by atoms with Crippen LogP contribution in [0.3, 0.4) is 0 Å². The van der Waals surface area contributed by atoms with Gasteiger partial charge in [0.1, 0.15) is 0 Å². The molecule has 1 saturated heterocycles. The molecule has 1 amide bonds. The van der Waals surface area contributed by atoms with Gasteiger partial charge < -0.3 is 19.5 Å². The molecular weight excluding hydrogens is 270 g/mol. The normalized spacial score (nSPS) is 19.0. The number of nitrogens with zero attached hydrogens (tertiary/aromatic N) is 1. The van der Waals surface area contributed by atoms with E-state index in [1.54, 1.807) is 11.9 Å². The first-order valence-corrected chi connectivity index (χ1v) is 7.18. The van der Waals surface area contributed by atoms with Crippen molar-refractivity contribution in [3.8, 4) is 0 Å². The van der Waals surface area contributed by atoms with E-state index in [9.17, 15) is 9.90 Å². The highest BCUT2D eigenvalue weighted by Gasteiger charge is 2.34. The zero-order valence-corrected chi connectivity index (χ0v) is 12.6. The van der Waals surface area contributed by atoms with E-state index >= 15 is 0 Å². The highest BCUT2D eigenvalue weighted by atomic mass is 16.5. The van der Waals surface area contributed by atoms with Crippen LogP contribution in [-0.2, 0) is 14.3 Å². The molecule has 1 fully saturated rings. The van der Waals surface area contributed by atoms with Gasteiger partial charge in [-0.05, 0) is 5.56 Å². The first-order valence-electron chi connectivity index (χ1n) is 7.18. The van der Waals surface area contributed by atoms with Crippen LogP contribution in [0.2, 0.25) is 0 Å². The number of benzene rings is 1. The van der Waals surface area contributed by atoms with E-state index in [2.05, 4.69) is 0 Å². The fraction of sp³-hybridized carbons (Fsp3) is 0.562. The Morgan fingerprint density at radius 2 is 2.00 bits per heavy atom. The Bertz CT molecular complexity index is 457. The molecule has 2 rings (SSSR count). The standard InChI is InChI=1S/C16H23NO4/c1-17(12-16(19)8-10-21-11-9-16)15(18)14(20-2)13-6-4-3-5-7-13/h3-7,14,19H,8-12H2,1-2H3. The summed E-state index contributed by atoms with van der Waals surface area (Å²) in [6, 6.07) is 9.38. The van der Waals surface area contributed by atoms with Crippen molar-refractivity contribution in [1.82, 2.24) is 4.90 Å². The quantitative estimate of drug-likeness (QED) is 0.891. The van der Waals surface area contributed by atoms with Crippen LogP contribution in [0.1, 0.15) is 24.5 Å². The Labute approximate surface area is 125 Å². The number of likely N-dealkylation sites (N-methyl/N-ethyl adjacent to an activating group) is 1. The number of rotatable bonds is 5. The van der Waals surface area contributed by atoms with E-state index in [1.807, 2.05) is 30.3 Å². The van der Waals surface area contributed by atoms with Crippen molar-refractivity contribution in [2.24, 2.45) is 0 Å². The Morgan fingerprint density at radius 3 is 2.57 bits per heavy atom. The number of hydrogen-bond donors (Lipinski definition) is 1. The Hall–Kier alpha value is -1.43. The minimum Gasteiger partial charge on any atom is -0.388 e. The molecular formula is C16H23NO4. The lowest BCUT2D eigenvalue weighted by Gasteiger charge is -2.36. The molecule has 116 valence electrons. The van der Waals surface area contributed by atoms with Gasteiger partial charge in [-0.15, -0.1) is 0 Å². The van der Waals surface area contributed by atoms with Gasteiger partial charge in [0.15, 0.2) is 6.10 Å². The van der Waals surface area contributed by atoms with Crippen LogP contribution >= 0.6 is 0 Å². The van der Waals surface area contributed by atoms with Gasteiger partial charge in [-0.25, -0.2) is 0 Å². The molecule has 1 N–H and O–H groups in total. The summed E-state index contributed by atoms with van der Waals surface area (Å²) < 4.78 is 10.6. The van der Waals surface area contributed by atoms with Crippen molar-refractivity contribution in [1.29, 1.82) is 0 Å². The zero-order chi connectivity index (χ0) is 15.3. The van der Waals surface area contributed by atoms with Crippen LogP contribution in [-0.4, -0.2) is 55.4 Å². The first-order chi connectivity index (χ1) is 10.1. The second-order valence-electron chi connectivity index (χ2n) is 5.56. The third-order valence-corrected chi connectivity index (χ3v) is 3.89. The summed E-state index contributed by atoms with van der Waals surface area (Å²) in [4.78, 5) is 14.1. The highest BCUT2D eigenvalue weighted by molar-refractivity contribution is 5.82. The molecule has 1 aliphatic rings. The second-order valence-corrected chi connectivity index (χ2v) is 5.56. The number of ether oxygens (including phenoxy) is 2. The first kappa shape index (κ1) is 15.9. The highest BCUT2D eigenvalue weighted by Crippen LogP contribution is 2.24. The molecule has 1 aromatic rings. The predicted molar refractivity (Wildman–Crippen MR) is 78.8 cm³/mol. The molecule has 0 spiro atoms. The average Bonchev–Trinajstić information content (AvgIpc) is 2.49. The molecule has 0 aromatic heterocycles. The third kappa shape index (κ3) is 4.03. The van der Waals surface area contributed by atoms with Gasteiger partial charge in [0.2, 0.25) is 0 Å². The molecule has 5 heteroatoms. The lowest BCUT2D eigenvalue weighted by atomic mass is 9.93. The van der Waals surface area contributed by atoms with E-state index in [4.69, 9.17) is 9.47 Å². The lowest BCUT2D eigenvalue weighted by Crippen LogP contribution is -2.48. The molecule has 0 radical (unpaired) electrons. The summed E-state index contributed by atoms with van der Waals surface area (Å²) in [6.07, 6.45) is 0.459. The Balaban J connectivity index is 2.03. The maximum Gasteiger partial charge on any atom is 0.256 e. The van der Waals surface area contributed by atoms with E-state index in [0.717, 1.165) is 5.56 Å². The molecule has 0 bridgehead atoms. The average molecular weight is 293 g/mol. The van der Waals surface area contributed by atoms with E-state index in [1.165, 1.54) is 7.11 Å². The van der Waals surface area contributed by atoms with Gasteiger partial charge in [0.25, 0.3) is 5.91 Å². The van der Waals surface area contributed by atoms with Crippen LogP contribution in [0.25, 0.3) is 0 Å². The number of carbonyl (C=O) groups excluding carboxylic acids is 1. The van der Waals surface area contributed by atoms with Crippen LogP contribution in [0.5, 0.6) is 0 Å². The van der Waals surface area contributed by atoms with Crippen molar-refractivity contribution in [3.63, 3.8) is 0 Å². The second kappa shape index (κ2) is 7.02. The molecule has 5 nitrogen and oxygen atoms in total. The van der Waals surface area contributed by atoms with Crippen LogP contribution in [0.15, 0.2) is 30.3 Å². The fourth-order valence-electron chi connectivity index (χ4n) is 2.64. The van der Waals surface area contributed by atoms with Crippen molar-refractivity contribution >= 4 is 5.91 Å². The maximum atomic E-state index is 12.5. The molecule has 1 unspecified atom stereocenters. The molecule has 1 atom stereocenters. The van der Waals surface area contributed by atoms with E-state index in [-0.39, 0.29) is 5.91 Å². The zero-order valence-electron chi connectivity index (χ0n) is 12.6. The maximum absolute atomic E-state index is 12.5. The number of carbonyl (C=O) groups is 1. The van der Waals surface area contributed by atoms with Gasteiger partial charge >= 0.3 is 0 Å². The van der Waals surface area contributed by atoms with Gasteiger partial charge in [-0.1, -0.05) is 30.3 Å². The van der Waals surface area contributed by atoms with E-state index < -0.39 is 11.7 Å². The van der Waals surface area contributed by atoms with Crippen molar-refractivity contribution in [3.05, 3.63) is 35.9 Å². The lowest BCUT2D eigenvalue weighted by molar-refractivity contribution is -0.147. The number of methoxy groups -OCH3 is 1. The predicted octanol–water partition coefficient (Wildman–Crippen LogP) is 1.37. The minimum atomic E-state index is -0.863. The molecule has 0 saturated carbocycles. The number of hydrogen-bond acceptors (Lipinski definition) is 4. The summed E-state index contributed by atoms with van der Waals surface area (Å²) in [5.74, 6) is -0.149.